The monoisotopic (exact) mass is 394 g/mol. The molecule has 8 nitrogen and oxygen atoms in total. The van der Waals surface area contributed by atoms with Gasteiger partial charge in [-0.2, -0.15) is 0 Å². The zero-order chi connectivity index (χ0) is 20.6. The van der Waals surface area contributed by atoms with Crippen LogP contribution in [-0.2, 0) is 19.1 Å². The zero-order valence-corrected chi connectivity index (χ0v) is 15.6. The van der Waals surface area contributed by atoms with Gasteiger partial charge in [0.1, 0.15) is 5.52 Å². The number of nitrogens with one attached hydrogen (secondary N) is 1. The van der Waals surface area contributed by atoms with Gasteiger partial charge in [-0.3, -0.25) is 4.79 Å². The lowest BCUT2D eigenvalue weighted by molar-refractivity contribution is -0.142. The molecular formula is C21H18N2O6. The Balaban J connectivity index is 1.47. The number of hydrogen-bond acceptors (Lipinski definition) is 7. The number of anilines is 1. The lowest BCUT2D eigenvalue weighted by Crippen LogP contribution is -2.20. The topological polar surface area (TPSA) is 108 Å². The Hall–Kier alpha value is -3.94. The number of para-hydroxylation sites is 2. The summed E-state index contributed by atoms with van der Waals surface area (Å²) < 4.78 is 15.2. The maximum absolute atomic E-state index is 11.9. The number of nitrogens with zero attached hydrogens (tertiary/aromatic N) is 1. The van der Waals surface area contributed by atoms with E-state index in [0.717, 1.165) is 6.08 Å². The van der Waals surface area contributed by atoms with Gasteiger partial charge in [0.25, 0.3) is 5.91 Å². The fourth-order valence-electron chi connectivity index (χ4n) is 2.39. The van der Waals surface area contributed by atoms with Gasteiger partial charge in [-0.1, -0.05) is 12.1 Å². The molecule has 0 bridgehead atoms. The summed E-state index contributed by atoms with van der Waals surface area (Å²) >= 11 is 0. The largest absolute Gasteiger partial charge is 0.462 e. The maximum atomic E-state index is 11.9. The molecule has 0 radical (unpaired) electrons. The fraction of sp³-hybridized carbons (Fsp3) is 0.143. The second-order valence-corrected chi connectivity index (χ2v) is 5.81. The molecule has 1 aromatic heterocycles. The third-order valence-corrected chi connectivity index (χ3v) is 3.70. The second kappa shape index (κ2) is 9.32. The highest BCUT2D eigenvalue weighted by Gasteiger charge is 2.09. The lowest BCUT2D eigenvalue weighted by Gasteiger charge is -2.06. The van der Waals surface area contributed by atoms with Crippen molar-refractivity contribution in [2.24, 2.45) is 0 Å². The molecule has 3 aromatic rings. The van der Waals surface area contributed by atoms with Crippen LogP contribution in [0.25, 0.3) is 17.2 Å². The Labute approximate surface area is 166 Å². The van der Waals surface area contributed by atoms with Gasteiger partial charge in [-0.05, 0) is 43.3 Å². The molecule has 8 heteroatoms. The van der Waals surface area contributed by atoms with Gasteiger partial charge in [-0.15, -0.1) is 0 Å². The molecule has 3 rings (SSSR count). The maximum Gasteiger partial charge on any atom is 0.338 e. The molecule has 0 atom stereocenters. The summed E-state index contributed by atoms with van der Waals surface area (Å²) in [5.74, 6) is -1.41. The van der Waals surface area contributed by atoms with Crippen molar-refractivity contribution in [3.8, 4) is 0 Å². The van der Waals surface area contributed by atoms with Crippen LogP contribution < -0.4 is 5.32 Å². The molecule has 1 heterocycles. The molecule has 1 amide bonds. The van der Waals surface area contributed by atoms with Crippen LogP contribution in [0.5, 0.6) is 0 Å². The molecule has 0 unspecified atom stereocenters. The fourth-order valence-corrected chi connectivity index (χ4v) is 2.39. The number of benzene rings is 2. The third kappa shape index (κ3) is 5.52. The number of rotatable bonds is 7. The minimum absolute atomic E-state index is 0.259. The van der Waals surface area contributed by atoms with Crippen LogP contribution in [-0.4, -0.2) is 36.0 Å². The number of fused-ring (bicyclic) bond motifs is 1. The summed E-state index contributed by atoms with van der Waals surface area (Å²) in [6, 6.07) is 13.4. The Morgan fingerprint density at radius 1 is 1.07 bits per heavy atom. The standard InChI is InChI=1S/C21H18N2O6/c1-2-27-21(26)14-7-9-15(10-8-14)22-18(24)13-28-20(25)12-11-19-23-16-5-3-4-6-17(16)29-19/h3-12H,2,13H2,1H3,(H,22,24)/b12-11+. The van der Waals surface area contributed by atoms with E-state index in [4.69, 9.17) is 13.9 Å². The number of aromatic nitrogens is 1. The van der Waals surface area contributed by atoms with Gasteiger partial charge in [0, 0.05) is 17.8 Å². The normalized spacial score (nSPS) is 10.8. The summed E-state index contributed by atoms with van der Waals surface area (Å²) in [6.45, 7) is 1.54. The van der Waals surface area contributed by atoms with Gasteiger partial charge in [0.15, 0.2) is 12.2 Å². The molecule has 0 saturated heterocycles. The quantitative estimate of drug-likeness (QED) is 0.484. The Kier molecular flexibility index (Phi) is 6.36. The van der Waals surface area contributed by atoms with E-state index >= 15 is 0 Å². The summed E-state index contributed by atoms with van der Waals surface area (Å²) in [4.78, 5) is 39.4. The van der Waals surface area contributed by atoms with Crippen molar-refractivity contribution in [3.05, 3.63) is 66.1 Å². The summed E-state index contributed by atoms with van der Waals surface area (Å²) in [5.41, 5.74) is 2.12. The first-order valence-corrected chi connectivity index (χ1v) is 8.82. The molecule has 29 heavy (non-hydrogen) atoms. The van der Waals surface area contributed by atoms with Crippen LogP contribution >= 0.6 is 0 Å². The van der Waals surface area contributed by atoms with Crippen molar-refractivity contribution in [2.45, 2.75) is 6.92 Å². The molecule has 0 saturated carbocycles. The molecule has 0 aliphatic carbocycles. The molecule has 0 aliphatic rings. The Bertz CT molecular complexity index is 1020. The van der Waals surface area contributed by atoms with E-state index in [-0.39, 0.29) is 12.5 Å². The van der Waals surface area contributed by atoms with E-state index < -0.39 is 24.5 Å². The van der Waals surface area contributed by atoms with Gasteiger partial charge in [0.2, 0.25) is 5.89 Å². The average Bonchev–Trinajstić information content (AvgIpc) is 3.14. The third-order valence-electron chi connectivity index (χ3n) is 3.70. The first kappa shape index (κ1) is 19.8. The highest BCUT2D eigenvalue weighted by Crippen LogP contribution is 2.15. The molecule has 0 aliphatic heterocycles. The van der Waals surface area contributed by atoms with Crippen LogP contribution in [0.3, 0.4) is 0 Å². The van der Waals surface area contributed by atoms with Gasteiger partial charge < -0.3 is 19.2 Å². The molecule has 148 valence electrons. The molecule has 0 spiro atoms. The lowest BCUT2D eigenvalue weighted by atomic mass is 10.2. The van der Waals surface area contributed by atoms with E-state index in [1.807, 2.05) is 12.1 Å². The van der Waals surface area contributed by atoms with Gasteiger partial charge in [-0.25, -0.2) is 14.6 Å². The predicted octanol–water partition coefficient (Wildman–Crippen LogP) is 3.20. The number of esters is 2. The van der Waals surface area contributed by atoms with Crippen molar-refractivity contribution >= 4 is 40.7 Å². The molecule has 2 aromatic carbocycles. The zero-order valence-electron chi connectivity index (χ0n) is 15.6. The smallest absolute Gasteiger partial charge is 0.338 e. The number of carbonyl (C=O) groups excluding carboxylic acids is 3. The number of oxazole rings is 1. The first-order chi connectivity index (χ1) is 14.0. The van der Waals surface area contributed by atoms with Crippen LogP contribution in [0.2, 0.25) is 0 Å². The average molecular weight is 394 g/mol. The van der Waals surface area contributed by atoms with Crippen LogP contribution in [0, 0.1) is 0 Å². The number of hydrogen-bond donors (Lipinski definition) is 1. The SMILES string of the molecule is CCOC(=O)c1ccc(NC(=O)COC(=O)/C=C/c2nc3ccccc3o2)cc1. The highest BCUT2D eigenvalue weighted by molar-refractivity contribution is 5.95. The van der Waals surface area contributed by atoms with Crippen LogP contribution in [0.1, 0.15) is 23.2 Å². The minimum atomic E-state index is -0.708. The minimum Gasteiger partial charge on any atom is -0.462 e. The van der Waals surface area contributed by atoms with Crippen molar-refractivity contribution in [1.82, 2.24) is 4.98 Å². The van der Waals surface area contributed by atoms with Crippen molar-refractivity contribution in [3.63, 3.8) is 0 Å². The summed E-state index contributed by atoms with van der Waals surface area (Å²) in [5, 5.41) is 2.56. The Morgan fingerprint density at radius 2 is 1.83 bits per heavy atom. The molecule has 1 N–H and O–H groups in total. The van der Waals surface area contributed by atoms with Crippen molar-refractivity contribution in [1.29, 1.82) is 0 Å². The van der Waals surface area contributed by atoms with E-state index in [2.05, 4.69) is 10.3 Å². The van der Waals surface area contributed by atoms with E-state index in [0.29, 0.717) is 22.4 Å². The van der Waals surface area contributed by atoms with Gasteiger partial charge >= 0.3 is 11.9 Å². The van der Waals surface area contributed by atoms with E-state index in [1.165, 1.54) is 18.2 Å². The number of ether oxygens (including phenoxy) is 2. The highest BCUT2D eigenvalue weighted by atomic mass is 16.5. The Morgan fingerprint density at radius 3 is 2.55 bits per heavy atom. The van der Waals surface area contributed by atoms with Crippen molar-refractivity contribution < 1.29 is 28.3 Å². The summed E-state index contributed by atoms with van der Waals surface area (Å²) in [6.07, 6.45) is 2.50. The molecule has 0 fully saturated rings. The van der Waals surface area contributed by atoms with E-state index in [9.17, 15) is 14.4 Å². The van der Waals surface area contributed by atoms with E-state index in [1.54, 1.807) is 31.2 Å². The predicted molar refractivity (Wildman–Crippen MR) is 105 cm³/mol. The number of amides is 1. The molecular weight excluding hydrogens is 376 g/mol. The summed E-state index contributed by atoms with van der Waals surface area (Å²) in [7, 11) is 0. The van der Waals surface area contributed by atoms with Crippen molar-refractivity contribution in [2.75, 3.05) is 18.5 Å². The first-order valence-electron chi connectivity index (χ1n) is 8.82. The van der Waals surface area contributed by atoms with Crippen LogP contribution in [0.4, 0.5) is 5.69 Å². The number of carbonyl (C=O) groups is 3. The van der Waals surface area contributed by atoms with Gasteiger partial charge in [0.05, 0.1) is 12.2 Å². The van der Waals surface area contributed by atoms with Crippen LogP contribution in [0.15, 0.2) is 59.0 Å². The second-order valence-electron chi connectivity index (χ2n) is 5.81.